The van der Waals surface area contributed by atoms with Gasteiger partial charge in [-0.2, -0.15) is 5.26 Å². The Bertz CT molecular complexity index is 624. The van der Waals surface area contributed by atoms with Gasteiger partial charge in [-0.3, -0.25) is 9.98 Å². The van der Waals surface area contributed by atoms with E-state index < -0.39 is 0 Å². The predicted octanol–water partition coefficient (Wildman–Crippen LogP) is 3.29. The van der Waals surface area contributed by atoms with Crippen molar-refractivity contribution in [2.45, 2.75) is 0 Å². The lowest BCUT2D eigenvalue weighted by atomic mass is 10.4. The van der Waals surface area contributed by atoms with E-state index in [4.69, 9.17) is 10.00 Å². The fourth-order valence-electron chi connectivity index (χ4n) is 1.14. The van der Waals surface area contributed by atoms with Gasteiger partial charge in [-0.25, -0.2) is 4.99 Å². The number of ether oxygens (including phenoxy) is 1. The molecule has 0 aromatic rings. The fraction of sp³-hybridized carbons (Fsp3) is 0.0588. The van der Waals surface area contributed by atoms with E-state index >= 15 is 0 Å². The van der Waals surface area contributed by atoms with Crippen LogP contribution in [0.3, 0.4) is 0 Å². The molecule has 0 aliphatic carbocycles. The van der Waals surface area contributed by atoms with Crippen molar-refractivity contribution in [3.8, 4) is 6.07 Å². The number of aliphatic imine (C=N–C) groups is 3. The van der Waals surface area contributed by atoms with Gasteiger partial charge in [0.2, 0.25) is 0 Å². The maximum absolute atomic E-state index is 8.89. The van der Waals surface area contributed by atoms with E-state index in [9.17, 15) is 0 Å². The maximum atomic E-state index is 8.89. The normalized spacial score (nSPS) is 26.2. The average molecular weight is 292 g/mol. The molecule has 0 atom stereocenters. The number of rotatable bonds is 0. The van der Waals surface area contributed by atoms with Crippen molar-refractivity contribution in [1.82, 2.24) is 0 Å². The summed E-state index contributed by atoms with van der Waals surface area (Å²) in [4.78, 5) is 11.9. The molecule has 1 heterocycles. The van der Waals surface area contributed by atoms with E-state index in [1.165, 1.54) is 12.4 Å². The Labute approximate surface area is 130 Å². The molecular weight excluding hydrogens is 276 g/mol. The molecule has 0 amide bonds. The molecule has 0 fully saturated rings. The van der Waals surface area contributed by atoms with Gasteiger partial charge in [0.1, 0.15) is 12.7 Å². The second-order valence-corrected chi connectivity index (χ2v) is 3.70. The first-order valence-corrected chi connectivity index (χ1v) is 6.54. The highest BCUT2D eigenvalue weighted by molar-refractivity contribution is 6.38. The number of nitrogens with zero attached hydrogens (tertiary/aromatic N) is 4. The van der Waals surface area contributed by atoms with Crippen molar-refractivity contribution in [2.24, 2.45) is 15.0 Å². The first-order chi connectivity index (χ1) is 10.9. The van der Waals surface area contributed by atoms with Crippen LogP contribution in [0.4, 0.5) is 0 Å². The molecule has 0 aromatic heterocycles. The van der Waals surface area contributed by atoms with E-state index in [0.29, 0.717) is 6.61 Å². The van der Waals surface area contributed by atoms with Gasteiger partial charge in [0, 0.05) is 24.8 Å². The molecule has 0 spiro atoms. The maximum Gasteiger partial charge on any atom is 0.158 e. The van der Waals surface area contributed by atoms with Crippen LogP contribution < -0.4 is 0 Å². The molecule has 0 bridgehead atoms. The van der Waals surface area contributed by atoms with Gasteiger partial charge >= 0.3 is 0 Å². The van der Waals surface area contributed by atoms with Crippen LogP contribution in [0, 0.1) is 11.3 Å². The predicted molar refractivity (Wildman–Crippen MR) is 90.8 cm³/mol. The Balaban J connectivity index is 2.77. The fourth-order valence-corrected chi connectivity index (χ4v) is 1.14. The van der Waals surface area contributed by atoms with Gasteiger partial charge in [0.05, 0.1) is 12.5 Å². The molecule has 0 unspecified atom stereocenters. The third kappa shape index (κ3) is 9.64. The highest BCUT2D eigenvalue weighted by Crippen LogP contribution is 1.86. The summed E-state index contributed by atoms with van der Waals surface area (Å²) in [5, 5.41) is 8.89. The number of hydrogen-bond donors (Lipinski definition) is 0. The van der Waals surface area contributed by atoms with Gasteiger partial charge in [0.25, 0.3) is 0 Å². The zero-order valence-corrected chi connectivity index (χ0v) is 12.0. The minimum Gasteiger partial charge on any atom is -0.497 e. The summed E-state index contributed by atoms with van der Waals surface area (Å²) in [5.41, 5.74) is 0.208. The van der Waals surface area contributed by atoms with E-state index in [0.717, 1.165) is 0 Å². The van der Waals surface area contributed by atoms with Gasteiger partial charge in [0.15, 0.2) is 5.71 Å². The lowest BCUT2D eigenvalue weighted by Gasteiger charge is -1.90. The highest BCUT2D eigenvalue weighted by Gasteiger charge is 1.86. The monoisotopic (exact) mass is 292 g/mol. The second-order valence-electron chi connectivity index (χ2n) is 3.70. The van der Waals surface area contributed by atoms with E-state index in [-0.39, 0.29) is 5.71 Å². The van der Waals surface area contributed by atoms with Crippen LogP contribution in [-0.2, 0) is 4.74 Å². The summed E-state index contributed by atoms with van der Waals surface area (Å²) in [7, 11) is 0. The molecule has 1 aliphatic rings. The van der Waals surface area contributed by atoms with Gasteiger partial charge < -0.3 is 4.74 Å². The van der Waals surface area contributed by atoms with E-state index in [1.54, 1.807) is 49.2 Å². The largest absolute Gasteiger partial charge is 0.497 e. The van der Waals surface area contributed by atoms with Gasteiger partial charge in [-0.1, -0.05) is 18.2 Å². The second kappa shape index (κ2) is 12.8. The molecular formula is C17H16N4O. The van der Waals surface area contributed by atoms with Crippen LogP contribution in [0.1, 0.15) is 0 Å². The van der Waals surface area contributed by atoms with Crippen LogP contribution in [-0.4, -0.2) is 24.7 Å². The Morgan fingerprint density at radius 3 is 2.64 bits per heavy atom. The van der Waals surface area contributed by atoms with Crippen molar-refractivity contribution >= 4 is 18.1 Å². The Morgan fingerprint density at radius 1 is 0.909 bits per heavy atom. The standard InChI is InChI=1S/C17H16N4O/c18-15-17-16-20-10-5-3-7-14-22-13-6-2-1-4-9-19-11-8-12-21-17/h1-13,16H,14H2/b2-1-,7-3-,9-4-,10-5-,12-8-,13-6-,19-11-,20-16?,21-17?. The van der Waals surface area contributed by atoms with Crippen molar-refractivity contribution in [3.05, 3.63) is 73.5 Å². The minimum atomic E-state index is 0.208. The summed E-state index contributed by atoms with van der Waals surface area (Å²) >= 11 is 0. The number of allylic oxidation sites excluding steroid dienone is 7. The van der Waals surface area contributed by atoms with Gasteiger partial charge in [-0.15, -0.1) is 0 Å². The summed E-state index contributed by atoms with van der Waals surface area (Å²) < 4.78 is 5.23. The van der Waals surface area contributed by atoms with Crippen LogP contribution in [0.25, 0.3) is 0 Å². The first-order valence-electron chi connectivity index (χ1n) is 6.54. The Morgan fingerprint density at radius 2 is 1.73 bits per heavy atom. The minimum absolute atomic E-state index is 0.208. The molecule has 1 aliphatic heterocycles. The zero-order valence-electron chi connectivity index (χ0n) is 12.0. The van der Waals surface area contributed by atoms with Crippen molar-refractivity contribution in [3.63, 3.8) is 0 Å². The smallest absolute Gasteiger partial charge is 0.158 e. The van der Waals surface area contributed by atoms with Crippen molar-refractivity contribution < 1.29 is 4.74 Å². The summed E-state index contributed by atoms with van der Waals surface area (Å²) in [6.45, 7) is 0.466. The quantitative estimate of drug-likeness (QED) is 0.687. The zero-order chi connectivity index (χ0) is 15.7. The lowest BCUT2D eigenvalue weighted by Crippen LogP contribution is -1.93. The molecule has 110 valence electrons. The number of nitriles is 1. The third-order valence-electron chi connectivity index (χ3n) is 2.08. The lowest BCUT2D eigenvalue weighted by molar-refractivity contribution is 0.290. The molecule has 1 rings (SSSR count). The van der Waals surface area contributed by atoms with E-state index in [2.05, 4.69) is 15.0 Å². The average Bonchev–Trinajstić information content (AvgIpc) is 2.54. The molecule has 0 N–H and O–H groups in total. The Kier molecular flexibility index (Phi) is 9.74. The molecule has 0 radical (unpaired) electrons. The molecule has 0 saturated carbocycles. The highest BCUT2D eigenvalue weighted by atomic mass is 16.5. The third-order valence-corrected chi connectivity index (χ3v) is 2.08. The van der Waals surface area contributed by atoms with Crippen LogP contribution >= 0.6 is 0 Å². The SMILES string of the molecule is N#CC1=N\C=C/C=N\C=C/C=C\C=C/OC/C=C\C=C/N=C1. The van der Waals surface area contributed by atoms with Gasteiger partial charge in [-0.05, 0) is 30.4 Å². The topological polar surface area (TPSA) is 70.1 Å². The first kappa shape index (κ1) is 16.8. The molecule has 5 nitrogen and oxygen atoms in total. The van der Waals surface area contributed by atoms with E-state index in [1.807, 2.05) is 30.4 Å². The van der Waals surface area contributed by atoms with Crippen molar-refractivity contribution in [1.29, 1.82) is 5.26 Å². The molecule has 22 heavy (non-hydrogen) atoms. The van der Waals surface area contributed by atoms with Crippen LogP contribution in [0.2, 0.25) is 0 Å². The van der Waals surface area contributed by atoms with Crippen LogP contribution in [0.5, 0.6) is 0 Å². The molecule has 5 heteroatoms. The molecule has 0 saturated heterocycles. The number of hydrogen-bond acceptors (Lipinski definition) is 5. The van der Waals surface area contributed by atoms with Crippen LogP contribution in [0.15, 0.2) is 88.4 Å². The summed E-state index contributed by atoms with van der Waals surface area (Å²) in [6, 6.07) is 1.94. The summed E-state index contributed by atoms with van der Waals surface area (Å²) in [5.74, 6) is 0. The molecule has 0 aromatic carbocycles. The van der Waals surface area contributed by atoms with Crippen molar-refractivity contribution in [2.75, 3.05) is 6.61 Å². The summed E-state index contributed by atoms with van der Waals surface area (Å²) in [6.07, 6.45) is 23.5. The Hall–Kier alpha value is -3.26.